The number of halogens is 1. The van der Waals surface area contributed by atoms with Crippen molar-refractivity contribution in [3.63, 3.8) is 0 Å². The summed E-state index contributed by atoms with van der Waals surface area (Å²) in [4.78, 5) is 7.07. The van der Waals surface area contributed by atoms with Gasteiger partial charge in [0.25, 0.3) is 0 Å². The largest absolute Gasteiger partial charge is 0.356 e. The van der Waals surface area contributed by atoms with Crippen molar-refractivity contribution in [1.82, 2.24) is 25.3 Å². The Balaban J connectivity index is 0.00000243. The second kappa shape index (κ2) is 9.39. The summed E-state index contributed by atoms with van der Waals surface area (Å²) >= 11 is 0. The van der Waals surface area contributed by atoms with E-state index in [-0.39, 0.29) is 24.0 Å². The zero-order chi connectivity index (χ0) is 18.0. The second-order valence-electron chi connectivity index (χ2n) is 7.86. The van der Waals surface area contributed by atoms with Crippen molar-refractivity contribution in [2.75, 3.05) is 26.7 Å². The molecule has 2 unspecified atom stereocenters. The Labute approximate surface area is 175 Å². The van der Waals surface area contributed by atoms with Crippen molar-refractivity contribution in [3.05, 3.63) is 17.0 Å². The van der Waals surface area contributed by atoms with E-state index in [1.54, 1.807) is 0 Å². The molecule has 148 valence electrons. The fourth-order valence-corrected chi connectivity index (χ4v) is 3.94. The number of nitrogens with zero attached hydrogens (tertiary/aromatic N) is 4. The summed E-state index contributed by atoms with van der Waals surface area (Å²) in [6, 6.07) is 1.22. The van der Waals surface area contributed by atoms with Crippen molar-refractivity contribution in [2.24, 2.45) is 18.0 Å². The summed E-state index contributed by atoms with van der Waals surface area (Å²) in [5.41, 5.74) is 3.72. The van der Waals surface area contributed by atoms with E-state index in [9.17, 15) is 0 Å². The maximum Gasteiger partial charge on any atom is 0.191 e. The topological polar surface area (TPSA) is 57.5 Å². The maximum absolute atomic E-state index is 4.52. The molecular formula is C19H35IN6. The highest BCUT2D eigenvalue weighted by Crippen LogP contribution is 2.31. The summed E-state index contributed by atoms with van der Waals surface area (Å²) in [7, 11) is 3.87. The van der Waals surface area contributed by atoms with Crippen LogP contribution in [-0.4, -0.2) is 59.4 Å². The van der Waals surface area contributed by atoms with Crippen LogP contribution in [0.5, 0.6) is 0 Å². The van der Waals surface area contributed by atoms with Crippen molar-refractivity contribution < 1.29 is 0 Å². The van der Waals surface area contributed by atoms with Gasteiger partial charge in [0.1, 0.15) is 0 Å². The maximum atomic E-state index is 4.52. The molecule has 6 nitrogen and oxygen atoms in total. The smallest absolute Gasteiger partial charge is 0.191 e. The molecule has 0 radical (unpaired) electrons. The van der Waals surface area contributed by atoms with Gasteiger partial charge in [0.15, 0.2) is 5.96 Å². The van der Waals surface area contributed by atoms with Crippen LogP contribution in [0, 0.1) is 19.8 Å². The Hall–Kier alpha value is -0.830. The Morgan fingerprint density at radius 3 is 2.62 bits per heavy atom. The van der Waals surface area contributed by atoms with E-state index in [1.165, 1.54) is 43.6 Å². The third kappa shape index (κ3) is 5.34. The summed E-state index contributed by atoms with van der Waals surface area (Å²) < 4.78 is 1.97. The van der Waals surface area contributed by atoms with Gasteiger partial charge in [0.05, 0.1) is 5.69 Å². The molecule has 0 spiro atoms. The van der Waals surface area contributed by atoms with Gasteiger partial charge in [-0.05, 0) is 64.5 Å². The molecule has 2 atom stereocenters. The molecule has 2 N–H and O–H groups in total. The molecule has 1 aromatic rings. The molecule has 1 saturated heterocycles. The van der Waals surface area contributed by atoms with E-state index in [1.807, 2.05) is 18.8 Å². The summed E-state index contributed by atoms with van der Waals surface area (Å²) in [6.45, 7) is 9.98. The summed E-state index contributed by atoms with van der Waals surface area (Å²) in [6.07, 6.45) is 5.09. The highest BCUT2D eigenvalue weighted by Gasteiger charge is 2.34. The van der Waals surface area contributed by atoms with Crippen LogP contribution in [0.2, 0.25) is 0 Å². The average Bonchev–Trinajstić information content (AvgIpc) is 3.28. The van der Waals surface area contributed by atoms with Crippen molar-refractivity contribution in [3.8, 4) is 0 Å². The van der Waals surface area contributed by atoms with Crippen LogP contribution in [0.25, 0.3) is 0 Å². The van der Waals surface area contributed by atoms with Crippen LogP contribution < -0.4 is 10.6 Å². The zero-order valence-electron chi connectivity index (χ0n) is 16.9. The predicted octanol–water partition coefficient (Wildman–Crippen LogP) is 2.24. The van der Waals surface area contributed by atoms with E-state index in [2.05, 4.69) is 46.4 Å². The summed E-state index contributed by atoms with van der Waals surface area (Å²) in [5.74, 6) is 1.66. The first-order valence-corrected chi connectivity index (χ1v) is 9.68. The minimum absolute atomic E-state index is 0. The minimum atomic E-state index is 0. The molecule has 1 aliphatic carbocycles. The van der Waals surface area contributed by atoms with Gasteiger partial charge in [0, 0.05) is 45.0 Å². The first kappa shape index (κ1) is 21.5. The molecule has 1 saturated carbocycles. The number of rotatable bonds is 6. The standard InChI is InChI=1S/C19H34N6.HI/c1-13(10-18-14(2)23-24(5)15(18)3)22-19(20-4)21-11-16-8-9-25(12-16)17-6-7-17;/h13,16-17H,6-12H2,1-5H3,(H2,20,21,22);1H. The monoisotopic (exact) mass is 474 g/mol. The Kier molecular flexibility index (Phi) is 7.76. The fraction of sp³-hybridized carbons (Fsp3) is 0.789. The SMILES string of the molecule is CN=C(NCC1CCN(C2CC2)C1)NC(C)Cc1c(C)nn(C)c1C.I. The van der Waals surface area contributed by atoms with E-state index < -0.39 is 0 Å². The van der Waals surface area contributed by atoms with Gasteiger partial charge in [0.2, 0.25) is 0 Å². The lowest BCUT2D eigenvalue weighted by Crippen LogP contribution is -2.45. The molecule has 0 amide bonds. The van der Waals surface area contributed by atoms with E-state index in [0.29, 0.717) is 6.04 Å². The molecule has 7 heteroatoms. The zero-order valence-corrected chi connectivity index (χ0v) is 19.2. The molecular weight excluding hydrogens is 439 g/mol. The normalized spacial score (nSPS) is 22.2. The highest BCUT2D eigenvalue weighted by atomic mass is 127. The lowest BCUT2D eigenvalue weighted by atomic mass is 10.1. The molecule has 3 rings (SSSR count). The molecule has 26 heavy (non-hydrogen) atoms. The minimum Gasteiger partial charge on any atom is -0.356 e. The molecule has 2 aliphatic rings. The van der Waals surface area contributed by atoms with Crippen molar-refractivity contribution >= 4 is 29.9 Å². The number of guanidine groups is 1. The van der Waals surface area contributed by atoms with Gasteiger partial charge in [-0.25, -0.2) is 0 Å². The number of nitrogens with one attached hydrogen (secondary N) is 2. The van der Waals surface area contributed by atoms with E-state index in [4.69, 9.17) is 0 Å². The van der Waals surface area contributed by atoms with Crippen molar-refractivity contribution in [2.45, 2.75) is 58.5 Å². The number of aliphatic imine (C=N–C) groups is 1. The lowest BCUT2D eigenvalue weighted by Gasteiger charge is -2.20. The lowest BCUT2D eigenvalue weighted by molar-refractivity contribution is 0.314. The van der Waals surface area contributed by atoms with Gasteiger partial charge in [-0.15, -0.1) is 24.0 Å². The van der Waals surface area contributed by atoms with Gasteiger partial charge in [-0.3, -0.25) is 9.67 Å². The Bertz CT molecular complexity index is 622. The Morgan fingerprint density at radius 2 is 2.04 bits per heavy atom. The van der Waals surface area contributed by atoms with Gasteiger partial charge >= 0.3 is 0 Å². The van der Waals surface area contributed by atoms with Crippen LogP contribution in [0.4, 0.5) is 0 Å². The Morgan fingerprint density at radius 1 is 1.31 bits per heavy atom. The summed E-state index contributed by atoms with van der Waals surface area (Å²) in [5, 5.41) is 11.6. The molecule has 0 aromatic carbocycles. The number of aromatic nitrogens is 2. The number of hydrogen-bond acceptors (Lipinski definition) is 3. The molecule has 1 aromatic heterocycles. The average molecular weight is 474 g/mol. The van der Waals surface area contributed by atoms with Gasteiger partial charge < -0.3 is 15.5 Å². The number of aryl methyl sites for hydroxylation is 2. The third-order valence-corrected chi connectivity index (χ3v) is 5.71. The van der Waals surface area contributed by atoms with Crippen LogP contribution in [0.15, 0.2) is 4.99 Å². The van der Waals surface area contributed by atoms with Crippen LogP contribution in [0.1, 0.15) is 43.1 Å². The van der Waals surface area contributed by atoms with Gasteiger partial charge in [-0.1, -0.05) is 0 Å². The first-order valence-electron chi connectivity index (χ1n) is 9.68. The van der Waals surface area contributed by atoms with E-state index in [0.717, 1.165) is 36.6 Å². The number of likely N-dealkylation sites (tertiary alicyclic amines) is 1. The van der Waals surface area contributed by atoms with E-state index >= 15 is 0 Å². The fourth-order valence-electron chi connectivity index (χ4n) is 3.94. The number of hydrogen-bond donors (Lipinski definition) is 2. The first-order chi connectivity index (χ1) is 12.0. The van der Waals surface area contributed by atoms with Crippen molar-refractivity contribution in [1.29, 1.82) is 0 Å². The molecule has 0 bridgehead atoms. The predicted molar refractivity (Wildman–Crippen MR) is 118 cm³/mol. The van der Waals surface area contributed by atoms with Gasteiger partial charge in [-0.2, -0.15) is 5.10 Å². The van der Waals surface area contributed by atoms with Crippen LogP contribution >= 0.6 is 24.0 Å². The molecule has 2 heterocycles. The van der Waals surface area contributed by atoms with Crippen LogP contribution in [-0.2, 0) is 13.5 Å². The molecule has 2 fully saturated rings. The molecule has 1 aliphatic heterocycles. The second-order valence-corrected chi connectivity index (χ2v) is 7.86. The van der Waals surface area contributed by atoms with Crippen LogP contribution in [0.3, 0.4) is 0 Å². The third-order valence-electron chi connectivity index (χ3n) is 5.71. The highest BCUT2D eigenvalue weighted by molar-refractivity contribution is 14.0. The quantitative estimate of drug-likeness (QED) is 0.377.